The third-order valence-corrected chi connectivity index (χ3v) is 2.46. The molecule has 0 radical (unpaired) electrons. The minimum atomic E-state index is -0.844. The van der Waals surface area contributed by atoms with Gasteiger partial charge in [0.25, 0.3) is 5.89 Å². The van der Waals surface area contributed by atoms with E-state index in [0.29, 0.717) is 25.2 Å². The summed E-state index contributed by atoms with van der Waals surface area (Å²) < 4.78 is 17.9. The number of aliphatic hydroxyl groups is 1. The van der Waals surface area contributed by atoms with Crippen LogP contribution in [0.2, 0.25) is 0 Å². The van der Waals surface area contributed by atoms with Crippen LogP contribution in [0.4, 0.5) is 4.39 Å². The van der Waals surface area contributed by atoms with Gasteiger partial charge in [0.1, 0.15) is 11.9 Å². The van der Waals surface area contributed by atoms with E-state index in [0.717, 1.165) is 5.56 Å². The zero-order chi connectivity index (χ0) is 13.0. The molecule has 3 N–H and O–H groups in total. The lowest BCUT2D eigenvalue weighted by Gasteiger charge is -2.01. The fraction of sp³-hybridized carbons (Fsp3) is 0.333. The summed E-state index contributed by atoms with van der Waals surface area (Å²) in [5, 5.41) is 13.3. The molecule has 2 aromatic rings. The minimum Gasteiger partial charge on any atom is -0.383 e. The normalized spacial score (nSPS) is 12.6. The van der Waals surface area contributed by atoms with Crippen molar-refractivity contribution < 1.29 is 14.0 Å². The van der Waals surface area contributed by atoms with Gasteiger partial charge in [-0.3, -0.25) is 0 Å². The first-order valence-electron chi connectivity index (χ1n) is 5.64. The Morgan fingerprint density at radius 2 is 2.28 bits per heavy atom. The fourth-order valence-electron chi connectivity index (χ4n) is 1.59. The van der Waals surface area contributed by atoms with E-state index in [1.807, 2.05) is 0 Å². The summed E-state index contributed by atoms with van der Waals surface area (Å²) >= 11 is 0. The topological polar surface area (TPSA) is 85.2 Å². The third-order valence-electron chi connectivity index (χ3n) is 2.46. The SMILES string of the molecule is NCCC(O)c1nc(Cc2cccc(F)c2)no1. The van der Waals surface area contributed by atoms with Gasteiger partial charge in [-0.1, -0.05) is 17.3 Å². The van der Waals surface area contributed by atoms with E-state index in [9.17, 15) is 9.50 Å². The minimum absolute atomic E-state index is 0.145. The molecule has 96 valence electrons. The number of benzene rings is 1. The Morgan fingerprint density at radius 1 is 1.44 bits per heavy atom. The highest BCUT2D eigenvalue weighted by atomic mass is 19.1. The van der Waals surface area contributed by atoms with Crippen LogP contribution in [-0.2, 0) is 6.42 Å². The van der Waals surface area contributed by atoms with E-state index in [1.165, 1.54) is 12.1 Å². The smallest absolute Gasteiger partial charge is 0.255 e. The number of hydrogen-bond acceptors (Lipinski definition) is 5. The molecule has 1 unspecified atom stereocenters. The second-order valence-electron chi connectivity index (χ2n) is 3.95. The molecule has 0 aliphatic rings. The molecule has 5 nitrogen and oxygen atoms in total. The molecule has 0 saturated carbocycles. The predicted molar refractivity (Wildman–Crippen MR) is 62.1 cm³/mol. The largest absolute Gasteiger partial charge is 0.383 e. The number of nitrogens with zero attached hydrogens (tertiary/aromatic N) is 2. The first kappa shape index (κ1) is 12.7. The van der Waals surface area contributed by atoms with Crippen LogP contribution in [0, 0.1) is 5.82 Å². The van der Waals surface area contributed by atoms with Crippen molar-refractivity contribution in [2.24, 2.45) is 5.73 Å². The summed E-state index contributed by atoms with van der Waals surface area (Å²) in [4.78, 5) is 4.05. The summed E-state index contributed by atoms with van der Waals surface area (Å²) in [5.41, 5.74) is 6.07. The Labute approximate surface area is 103 Å². The average Bonchev–Trinajstić information content (AvgIpc) is 2.78. The van der Waals surface area contributed by atoms with Crippen LogP contribution in [0.3, 0.4) is 0 Å². The highest BCUT2D eigenvalue weighted by molar-refractivity contribution is 5.19. The van der Waals surface area contributed by atoms with E-state index in [1.54, 1.807) is 12.1 Å². The van der Waals surface area contributed by atoms with Crippen LogP contribution in [0.15, 0.2) is 28.8 Å². The molecule has 0 bridgehead atoms. The van der Waals surface area contributed by atoms with Crippen LogP contribution >= 0.6 is 0 Å². The van der Waals surface area contributed by atoms with Gasteiger partial charge in [-0.05, 0) is 30.7 Å². The first-order chi connectivity index (χ1) is 8.69. The van der Waals surface area contributed by atoms with Crippen molar-refractivity contribution >= 4 is 0 Å². The van der Waals surface area contributed by atoms with Crippen molar-refractivity contribution in [2.45, 2.75) is 18.9 Å². The van der Waals surface area contributed by atoms with Gasteiger partial charge in [0.15, 0.2) is 5.82 Å². The van der Waals surface area contributed by atoms with Gasteiger partial charge in [-0.25, -0.2) is 4.39 Å². The molecule has 0 saturated heterocycles. The van der Waals surface area contributed by atoms with Crippen LogP contribution in [0.25, 0.3) is 0 Å². The van der Waals surface area contributed by atoms with Gasteiger partial charge in [0, 0.05) is 6.42 Å². The Kier molecular flexibility index (Phi) is 4.01. The van der Waals surface area contributed by atoms with Crippen molar-refractivity contribution in [3.63, 3.8) is 0 Å². The van der Waals surface area contributed by atoms with E-state index >= 15 is 0 Å². The highest BCUT2D eigenvalue weighted by Gasteiger charge is 2.15. The maximum absolute atomic E-state index is 13.0. The van der Waals surface area contributed by atoms with Crippen molar-refractivity contribution in [1.29, 1.82) is 0 Å². The van der Waals surface area contributed by atoms with Crippen LogP contribution in [0.1, 0.15) is 29.8 Å². The summed E-state index contributed by atoms with van der Waals surface area (Å²) in [5.74, 6) is 0.248. The van der Waals surface area contributed by atoms with Gasteiger partial charge in [0.2, 0.25) is 0 Å². The lowest BCUT2D eigenvalue weighted by molar-refractivity contribution is 0.127. The Morgan fingerprint density at radius 3 is 3.00 bits per heavy atom. The molecule has 1 atom stereocenters. The van der Waals surface area contributed by atoms with Gasteiger partial charge in [-0.15, -0.1) is 0 Å². The van der Waals surface area contributed by atoms with Crippen LogP contribution in [0.5, 0.6) is 0 Å². The highest BCUT2D eigenvalue weighted by Crippen LogP contribution is 2.15. The van der Waals surface area contributed by atoms with E-state index in [-0.39, 0.29) is 11.7 Å². The molecule has 2 rings (SSSR count). The lowest BCUT2D eigenvalue weighted by Crippen LogP contribution is -2.07. The zero-order valence-electron chi connectivity index (χ0n) is 9.71. The van der Waals surface area contributed by atoms with Crippen molar-refractivity contribution in [1.82, 2.24) is 10.1 Å². The van der Waals surface area contributed by atoms with Crippen molar-refractivity contribution in [2.75, 3.05) is 6.54 Å². The molecule has 18 heavy (non-hydrogen) atoms. The second-order valence-corrected chi connectivity index (χ2v) is 3.95. The van der Waals surface area contributed by atoms with E-state index in [4.69, 9.17) is 10.3 Å². The lowest BCUT2D eigenvalue weighted by atomic mass is 10.1. The van der Waals surface area contributed by atoms with E-state index < -0.39 is 6.10 Å². The molecule has 0 spiro atoms. The number of aromatic nitrogens is 2. The summed E-state index contributed by atoms with van der Waals surface area (Å²) in [6.07, 6.45) is -0.123. The first-order valence-corrected chi connectivity index (χ1v) is 5.64. The number of hydrogen-bond donors (Lipinski definition) is 2. The Balaban J connectivity index is 2.06. The number of halogens is 1. The Bertz CT molecular complexity index is 516. The number of rotatable bonds is 5. The molecular weight excluding hydrogens is 237 g/mol. The molecule has 0 aliphatic carbocycles. The summed E-state index contributed by atoms with van der Waals surface area (Å²) in [7, 11) is 0. The maximum Gasteiger partial charge on any atom is 0.255 e. The fourth-order valence-corrected chi connectivity index (χ4v) is 1.59. The zero-order valence-corrected chi connectivity index (χ0v) is 9.71. The van der Waals surface area contributed by atoms with Crippen LogP contribution < -0.4 is 5.73 Å². The van der Waals surface area contributed by atoms with Crippen molar-refractivity contribution in [3.05, 3.63) is 47.4 Å². The molecule has 1 aromatic carbocycles. The molecule has 0 amide bonds. The van der Waals surface area contributed by atoms with Gasteiger partial charge >= 0.3 is 0 Å². The van der Waals surface area contributed by atoms with Crippen molar-refractivity contribution in [3.8, 4) is 0 Å². The van der Waals surface area contributed by atoms with Gasteiger partial charge in [0.05, 0.1) is 0 Å². The molecule has 1 heterocycles. The van der Waals surface area contributed by atoms with E-state index in [2.05, 4.69) is 10.1 Å². The Hall–Kier alpha value is -1.79. The monoisotopic (exact) mass is 251 g/mol. The maximum atomic E-state index is 13.0. The van der Waals surface area contributed by atoms with Gasteiger partial charge in [-0.2, -0.15) is 4.98 Å². The molecule has 0 aliphatic heterocycles. The molecule has 0 fully saturated rings. The second kappa shape index (κ2) is 5.70. The molecular formula is C12H14FN3O2. The summed E-state index contributed by atoms with van der Waals surface area (Å²) in [6, 6.07) is 6.17. The van der Waals surface area contributed by atoms with Crippen LogP contribution in [-0.4, -0.2) is 21.8 Å². The molecule has 1 aromatic heterocycles. The summed E-state index contributed by atoms with van der Waals surface area (Å²) in [6.45, 7) is 0.336. The number of aliphatic hydroxyl groups excluding tert-OH is 1. The predicted octanol–water partition coefficient (Wildman–Crippen LogP) is 1.18. The average molecular weight is 251 g/mol. The van der Waals surface area contributed by atoms with Gasteiger partial charge < -0.3 is 15.4 Å². The third kappa shape index (κ3) is 3.12. The quantitative estimate of drug-likeness (QED) is 0.833. The number of nitrogens with two attached hydrogens (primary N) is 1. The standard InChI is InChI=1S/C12H14FN3O2/c13-9-3-1-2-8(6-9)7-11-15-12(18-16-11)10(17)4-5-14/h1-3,6,10,17H,4-5,7,14H2. The molecule has 6 heteroatoms.